The molecule has 4 nitrogen and oxygen atoms in total. The second kappa shape index (κ2) is 10.6. The number of nitrogens with one attached hydrogen (secondary N) is 1. The highest BCUT2D eigenvalue weighted by atomic mass is 16.5. The van der Waals surface area contributed by atoms with Crippen LogP contribution < -0.4 is 5.32 Å². The van der Waals surface area contributed by atoms with Crippen molar-refractivity contribution in [2.75, 3.05) is 18.5 Å². The monoisotopic (exact) mass is 279 g/mol. The third-order valence-electron chi connectivity index (χ3n) is 3.08. The van der Waals surface area contributed by atoms with E-state index in [0.717, 1.165) is 43.3 Å². The average molecular weight is 279 g/mol. The van der Waals surface area contributed by atoms with Gasteiger partial charge in [-0.1, -0.05) is 39.5 Å². The van der Waals surface area contributed by atoms with Crippen molar-refractivity contribution in [3.05, 3.63) is 17.6 Å². The van der Waals surface area contributed by atoms with Crippen LogP contribution in [0.25, 0.3) is 0 Å². The summed E-state index contributed by atoms with van der Waals surface area (Å²) < 4.78 is 5.66. The minimum absolute atomic E-state index is 0.510. The van der Waals surface area contributed by atoms with Crippen LogP contribution in [0.4, 0.5) is 5.82 Å². The van der Waals surface area contributed by atoms with Crippen molar-refractivity contribution in [2.45, 2.75) is 65.9 Å². The van der Waals surface area contributed by atoms with Crippen LogP contribution in [0, 0.1) is 6.92 Å². The van der Waals surface area contributed by atoms with E-state index in [0.29, 0.717) is 6.61 Å². The lowest BCUT2D eigenvalue weighted by Gasteiger charge is -2.08. The molecule has 0 amide bonds. The van der Waals surface area contributed by atoms with E-state index in [9.17, 15) is 0 Å². The average Bonchev–Trinajstić information content (AvgIpc) is 2.43. The molecule has 0 fully saturated rings. The molecule has 4 heteroatoms. The second-order valence-corrected chi connectivity index (χ2v) is 5.20. The van der Waals surface area contributed by atoms with Crippen LogP contribution in [0.2, 0.25) is 0 Å². The summed E-state index contributed by atoms with van der Waals surface area (Å²) in [6.07, 6.45) is 7.40. The first-order valence-electron chi connectivity index (χ1n) is 7.92. The molecule has 1 heterocycles. The van der Waals surface area contributed by atoms with E-state index in [-0.39, 0.29) is 0 Å². The van der Waals surface area contributed by atoms with Gasteiger partial charge in [-0.15, -0.1) is 0 Å². The molecule has 1 N–H and O–H groups in total. The zero-order valence-corrected chi connectivity index (χ0v) is 13.2. The van der Waals surface area contributed by atoms with Gasteiger partial charge in [0.05, 0.1) is 0 Å². The highest BCUT2D eigenvalue weighted by Gasteiger charge is 2.02. The summed E-state index contributed by atoms with van der Waals surface area (Å²) in [6, 6.07) is 1.98. The molecule has 0 radical (unpaired) electrons. The van der Waals surface area contributed by atoms with Gasteiger partial charge in [-0.25, -0.2) is 9.97 Å². The third kappa shape index (κ3) is 7.43. The Hall–Kier alpha value is -1.16. The molecule has 0 aliphatic carbocycles. The number of hydrogen-bond donors (Lipinski definition) is 1. The van der Waals surface area contributed by atoms with Crippen LogP contribution in [0.15, 0.2) is 6.07 Å². The lowest BCUT2D eigenvalue weighted by atomic mass is 10.2. The molecule has 20 heavy (non-hydrogen) atoms. The summed E-state index contributed by atoms with van der Waals surface area (Å²) >= 11 is 0. The standard InChI is InChI=1S/C16H29N3O/c1-4-6-7-8-9-11-20-13-16-18-14(3)12-15(19-16)17-10-5-2/h12H,4-11,13H2,1-3H3,(H,17,18,19). The Kier molecular flexibility index (Phi) is 8.96. The van der Waals surface area contributed by atoms with Crippen molar-refractivity contribution in [1.29, 1.82) is 0 Å². The molecule has 1 aromatic heterocycles. The molecule has 0 aliphatic rings. The van der Waals surface area contributed by atoms with Gasteiger partial charge < -0.3 is 10.1 Å². The fourth-order valence-corrected chi connectivity index (χ4v) is 2.01. The van der Waals surface area contributed by atoms with Gasteiger partial charge in [0.15, 0.2) is 5.82 Å². The van der Waals surface area contributed by atoms with Crippen LogP contribution in [-0.4, -0.2) is 23.1 Å². The quantitative estimate of drug-likeness (QED) is 0.620. The summed E-state index contributed by atoms with van der Waals surface area (Å²) in [5, 5.41) is 3.29. The number of aryl methyl sites for hydroxylation is 1. The number of unbranched alkanes of at least 4 members (excludes halogenated alkanes) is 4. The number of hydrogen-bond acceptors (Lipinski definition) is 4. The maximum absolute atomic E-state index is 5.66. The maximum atomic E-state index is 5.66. The highest BCUT2D eigenvalue weighted by Crippen LogP contribution is 2.08. The fourth-order valence-electron chi connectivity index (χ4n) is 2.01. The van der Waals surface area contributed by atoms with Crippen molar-refractivity contribution < 1.29 is 4.74 Å². The topological polar surface area (TPSA) is 47.0 Å². The van der Waals surface area contributed by atoms with E-state index in [1.165, 1.54) is 25.7 Å². The van der Waals surface area contributed by atoms with Crippen LogP contribution in [0.1, 0.15) is 63.9 Å². The summed E-state index contributed by atoms with van der Waals surface area (Å²) in [7, 11) is 0. The number of aromatic nitrogens is 2. The zero-order valence-electron chi connectivity index (χ0n) is 13.2. The molecular weight excluding hydrogens is 250 g/mol. The number of ether oxygens (including phenoxy) is 1. The molecule has 1 rings (SSSR count). The predicted octanol–water partition coefficient (Wildman–Crippen LogP) is 4.09. The van der Waals surface area contributed by atoms with Gasteiger partial charge in [-0.05, 0) is 19.8 Å². The van der Waals surface area contributed by atoms with Crippen molar-refractivity contribution in [1.82, 2.24) is 9.97 Å². The molecule has 0 spiro atoms. The molecule has 0 aromatic carbocycles. The van der Waals surface area contributed by atoms with Gasteiger partial charge in [0.25, 0.3) is 0 Å². The van der Waals surface area contributed by atoms with E-state index >= 15 is 0 Å². The molecule has 0 atom stereocenters. The maximum Gasteiger partial charge on any atom is 0.156 e. The number of anilines is 1. The molecule has 0 unspecified atom stereocenters. The summed E-state index contributed by atoms with van der Waals surface area (Å²) in [5.74, 6) is 1.68. The predicted molar refractivity (Wildman–Crippen MR) is 84.0 cm³/mol. The Morgan fingerprint density at radius 2 is 1.85 bits per heavy atom. The molecule has 0 aliphatic heterocycles. The van der Waals surface area contributed by atoms with Gasteiger partial charge in [0.1, 0.15) is 12.4 Å². The lowest BCUT2D eigenvalue weighted by molar-refractivity contribution is 0.111. The largest absolute Gasteiger partial charge is 0.373 e. The van der Waals surface area contributed by atoms with E-state index < -0.39 is 0 Å². The normalized spacial score (nSPS) is 10.8. The van der Waals surface area contributed by atoms with Gasteiger partial charge in [-0.3, -0.25) is 0 Å². The summed E-state index contributed by atoms with van der Waals surface area (Å²) in [6.45, 7) is 8.62. The Bertz CT molecular complexity index is 369. The van der Waals surface area contributed by atoms with Gasteiger partial charge in [0.2, 0.25) is 0 Å². The molecule has 114 valence electrons. The Labute approximate surface area is 123 Å². The summed E-state index contributed by atoms with van der Waals surface area (Å²) in [4.78, 5) is 8.88. The molecular formula is C16H29N3O. The summed E-state index contributed by atoms with van der Waals surface area (Å²) in [5.41, 5.74) is 0.986. The minimum Gasteiger partial charge on any atom is -0.373 e. The first-order valence-corrected chi connectivity index (χ1v) is 7.92. The van der Waals surface area contributed by atoms with Crippen molar-refractivity contribution in [3.63, 3.8) is 0 Å². The minimum atomic E-state index is 0.510. The Balaban J connectivity index is 2.26. The SMILES string of the molecule is CCCCCCCOCc1nc(C)cc(NCCC)n1. The molecule has 0 saturated carbocycles. The third-order valence-corrected chi connectivity index (χ3v) is 3.08. The first kappa shape index (κ1) is 16.9. The van der Waals surface area contributed by atoms with Crippen molar-refractivity contribution in [2.24, 2.45) is 0 Å². The van der Waals surface area contributed by atoms with Crippen LogP contribution >= 0.6 is 0 Å². The smallest absolute Gasteiger partial charge is 0.156 e. The van der Waals surface area contributed by atoms with Gasteiger partial charge in [0, 0.05) is 24.9 Å². The van der Waals surface area contributed by atoms with E-state index in [1.807, 2.05) is 13.0 Å². The van der Waals surface area contributed by atoms with Crippen molar-refractivity contribution in [3.8, 4) is 0 Å². The van der Waals surface area contributed by atoms with E-state index in [1.54, 1.807) is 0 Å². The second-order valence-electron chi connectivity index (χ2n) is 5.20. The molecule has 0 saturated heterocycles. The number of nitrogens with zero attached hydrogens (tertiary/aromatic N) is 2. The van der Waals surface area contributed by atoms with Crippen LogP contribution in [0.3, 0.4) is 0 Å². The first-order chi connectivity index (χ1) is 9.76. The molecule has 1 aromatic rings. The van der Waals surface area contributed by atoms with E-state index in [4.69, 9.17) is 4.74 Å². The fraction of sp³-hybridized carbons (Fsp3) is 0.750. The zero-order chi connectivity index (χ0) is 14.6. The Morgan fingerprint density at radius 3 is 2.60 bits per heavy atom. The van der Waals surface area contributed by atoms with E-state index in [2.05, 4.69) is 29.1 Å². The lowest BCUT2D eigenvalue weighted by Crippen LogP contribution is -2.07. The van der Waals surface area contributed by atoms with Crippen molar-refractivity contribution >= 4 is 5.82 Å². The van der Waals surface area contributed by atoms with Crippen LogP contribution in [-0.2, 0) is 11.3 Å². The van der Waals surface area contributed by atoms with Crippen LogP contribution in [0.5, 0.6) is 0 Å². The highest BCUT2D eigenvalue weighted by molar-refractivity contribution is 5.35. The van der Waals surface area contributed by atoms with Gasteiger partial charge in [-0.2, -0.15) is 0 Å². The van der Waals surface area contributed by atoms with Gasteiger partial charge >= 0.3 is 0 Å². The Morgan fingerprint density at radius 1 is 1.05 bits per heavy atom. The molecule has 0 bridgehead atoms. The number of rotatable bonds is 11.